The molecule has 3 nitrogen and oxygen atoms in total. The summed E-state index contributed by atoms with van der Waals surface area (Å²) >= 11 is 0. The summed E-state index contributed by atoms with van der Waals surface area (Å²) < 4.78 is 45.5. The number of likely N-dealkylation sites (tertiary alicyclic amines) is 1. The highest BCUT2D eigenvalue weighted by atomic mass is 19.2. The highest BCUT2D eigenvalue weighted by molar-refractivity contribution is 5.23. The number of nitrogens with two attached hydrogens (primary N) is 1. The van der Waals surface area contributed by atoms with Gasteiger partial charge in [0.25, 0.3) is 0 Å². The minimum atomic E-state index is -1.44. The van der Waals surface area contributed by atoms with Crippen LogP contribution >= 0.6 is 0 Å². The molecule has 118 valence electrons. The van der Waals surface area contributed by atoms with Crippen molar-refractivity contribution in [3.63, 3.8) is 0 Å². The molecule has 21 heavy (non-hydrogen) atoms. The third-order valence-electron chi connectivity index (χ3n) is 3.87. The summed E-state index contributed by atoms with van der Waals surface area (Å²) in [4.78, 5) is 2.05. The van der Waals surface area contributed by atoms with E-state index in [1.807, 2.05) is 6.92 Å². The molecule has 1 heterocycles. The predicted molar refractivity (Wildman–Crippen MR) is 74.3 cm³/mol. The Labute approximate surface area is 122 Å². The quantitative estimate of drug-likeness (QED) is 0.850. The standard InChI is InChI=1S/C15H21F3N2O/c1-2-21-11-4-3-5-20(9-11)14(8-19)10-6-12(16)15(18)13(17)7-10/h6-7,11,14H,2-5,8-9,19H2,1H3. The zero-order valence-corrected chi connectivity index (χ0v) is 12.1. The molecule has 0 saturated carbocycles. The normalized spacial score (nSPS) is 21.5. The van der Waals surface area contributed by atoms with E-state index in [0.29, 0.717) is 18.7 Å². The molecule has 0 amide bonds. The van der Waals surface area contributed by atoms with Crippen molar-refractivity contribution in [3.8, 4) is 0 Å². The Hall–Kier alpha value is -1.11. The van der Waals surface area contributed by atoms with Crippen molar-refractivity contribution in [2.75, 3.05) is 26.2 Å². The summed E-state index contributed by atoms with van der Waals surface area (Å²) in [5.41, 5.74) is 6.14. The number of hydrogen-bond donors (Lipinski definition) is 1. The average Bonchev–Trinajstić information content (AvgIpc) is 2.46. The molecular formula is C15H21F3N2O. The van der Waals surface area contributed by atoms with Gasteiger partial charge in [-0.25, -0.2) is 13.2 Å². The van der Waals surface area contributed by atoms with Crippen LogP contribution < -0.4 is 5.73 Å². The fourth-order valence-electron chi connectivity index (χ4n) is 2.88. The summed E-state index contributed by atoms with van der Waals surface area (Å²) in [7, 11) is 0. The lowest BCUT2D eigenvalue weighted by atomic mass is 10.00. The van der Waals surface area contributed by atoms with Gasteiger partial charge in [0.1, 0.15) is 0 Å². The average molecular weight is 302 g/mol. The summed E-state index contributed by atoms with van der Waals surface area (Å²) in [6.07, 6.45) is 2.01. The Kier molecular flexibility index (Phi) is 5.61. The third-order valence-corrected chi connectivity index (χ3v) is 3.87. The van der Waals surface area contributed by atoms with E-state index >= 15 is 0 Å². The molecule has 0 radical (unpaired) electrons. The largest absolute Gasteiger partial charge is 0.377 e. The summed E-state index contributed by atoms with van der Waals surface area (Å²) in [5, 5.41) is 0. The number of benzene rings is 1. The first-order valence-electron chi connectivity index (χ1n) is 7.27. The number of halogens is 3. The van der Waals surface area contributed by atoms with Gasteiger partial charge in [0.05, 0.1) is 6.10 Å². The number of hydrogen-bond acceptors (Lipinski definition) is 3. The highest BCUT2D eigenvalue weighted by Crippen LogP contribution is 2.27. The van der Waals surface area contributed by atoms with Gasteiger partial charge < -0.3 is 10.5 Å². The van der Waals surface area contributed by atoms with E-state index in [4.69, 9.17) is 10.5 Å². The Bertz CT molecular complexity index is 459. The van der Waals surface area contributed by atoms with Gasteiger partial charge in [-0.05, 0) is 44.0 Å². The minimum Gasteiger partial charge on any atom is -0.377 e. The van der Waals surface area contributed by atoms with Gasteiger partial charge >= 0.3 is 0 Å². The van der Waals surface area contributed by atoms with Crippen molar-refractivity contribution in [2.45, 2.75) is 31.9 Å². The molecule has 1 aliphatic heterocycles. The lowest BCUT2D eigenvalue weighted by Crippen LogP contribution is -2.44. The van der Waals surface area contributed by atoms with E-state index < -0.39 is 17.5 Å². The van der Waals surface area contributed by atoms with Crippen LogP contribution in [0.4, 0.5) is 13.2 Å². The SMILES string of the molecule is CCOC1CCCN(C(CN)c2cc(F)c(F)c(F)c2)C1. The van der Waals surface area contributed by atoms with E-state index in [0.717, 1.165) is 31.5 Å². The van der Waals surface area contributed by atoms with Crippen molar-refractivity contribution >= 4 is 0 Å². The van der Waals surface area contributed by atoms with Gasteiger partial charge in [0.2, 0.25) is 0 Å². The van der Waals surface area contributed by atoms with E-state index in [2.05, 4.69) is 4.90 Å². The van der Waals surface area contributed by atoms with Gasteiger partial charge in [0.15, 0.2) is 17.5 Å². The molecular weight excluding hydrogens is 281 g/mol. The fraction of sp³-hybridized carbons (Fsp3) is 0.600. The molecule has 1 aliphatic rings. The molecule has 0 aliphatic carbocycles. The van der Waals surface area contributed by atoms with Crippen LogP contribution in [0.15, 0.2) is 12.1 Å². The molecule has 2 rings (SSSR count). The number of ether oxygens (including phenoxy) is 1. The minimum absolute atomic E-state index is 0.105. The Morgan fingerprint density at radius 1 is 1.33 bits per heavy atom. The summed E-state index contributed by atoms with van der Waals surface area (Å²) in [6, 6.07) is 1.72. The molecule has 1 aromatic rings. The molecule has 0 spiro atoms. The molecule has 2 unspecified atom stereocenters. The second-order valence-electron chi connectivity index (χ2n) is 5.26. The summed E-state index contributed by atoms with van der Waals surface area (Å²) in [6.45, 7) is 4.22. The maximum atomic E-state index is 13.4. The highest BCUT2D eigenvalue weighted by Gasteiger charge is 2.27. The van der Waals surface area contributed by atoms with Crippen molar-refractivity contribution in [3.05, 3.63) is 35.1 Å². The van der Waals surface area contributed by atoms with Crippen LogP contribution in [0.1, 0.15) is 31.4 Å². The van der Waals surface area contributed by atoms with E-state index in [9.17, 15) is 13.2 Å². The molecule has 0 bridgehead atoms. The van der Waals surface area contributed by atoms with E-state index in [1.165, 1.54) is 0 Å². The first-order valence-corrected chi connectivity index (χ1v) is 7.27. The molecule has 1 fully saturated rings. The van der Waals surface area contributed by atoms with E-state index in [-0.39, 0.29) is 18.7 Å². The molecule has 2 atom stereocenters. The number of nitrogens with zero attached hydrogens (tertiary/aromatic N) is 1. The third kappa shape index (κ3) is 3.75. The molecule has 0 aromatic heterocycles. The van der Waals surface area contributed by atoms with Crippen molar-refractivity contribution in [1.29, 1.82) is 0 Å². The van der Waals surface area contributed by atoms with Gasteiger partial charge in [-0.15, -0.1) is 0 Å². The second-order valence-corrected chi connectivity index (χ2v) is 5.26. The van der Waals surface area contributed by atoms with Crippen LogP contribution in [0.25, 0.3) is 0 Å². The first-order chi connectivity index (χ1) is 10.1. The summed E-state index contributed by atoms with van der Waals surface area (Å²) in [5.74, 6) is -3.80. The van der Waals surface area contributed by atoms with Gasteiger partial charge in [-0.2, -0.15) is 0 Å². The molecule has 1 aromatic carbocycles. The van der Waals surface area contributed by atoms with Gasteiger partial charge in [-0.3, -0.25) is 4.90 Å². The van der Waals surface area contributed by atoms with Crippen molar-refractivity contribution in [1.82, 2.24) is 4.90 Å². The van der Waals surface area contributed by atoms with E-state index in [1.54, 1.807) is 0 Å². The molecule has 1 saturated heterocycles. The van der Waals surface area contributed by atoms with Crippen molar-refractivity contribution in [2.24, 2.45) is 5.73 Å². The van der Waals surface area contributed by atoms with Crippen LogP contribution in [0, 0.1) is 17.5 Å². The smallest absolute Gasteiger partial charge is 0.194 e. The lowest BCUT2D eigenvalue weighted by Gasteiger charge is -2.37. The second kappa shape index (κ2) is 7.24. The lowest BCUT2D eigenvalue weighted by molar-refractivity contribution is -0.00667. The monoisotopic (exact) mass is 302 g/mol. The van der Waals surface area contributed by atoms with Crippen LogP contribution in [0.3, 0.4) is 0 Å². The zero-order valence-electron chi connectivity index (χ0n) is 12.1. The number of piperidine rings is 1. The Morgan fingerprint density at radius 2 is 2.00 bits per heavy atom. The van der Waals surface area contributed by atoms with Gasteiger partial charge in [0, 0.05) is 25.7 Å². The molecule has 6 heteroatoms. The van der Waals surface area contributed by atoms with Crippen LogP contribution in [-0.2, 0) is 4.74 Å². The maximum absolute atomic E-state index is 13.4. The molecule has 2 N–H and O–H groups in total. The van der Waals surface area contributed by atoms with Crippen LogP contribution in [0.2, 0.25) is 0 Å². The number of rotatable bonds is 5. The maximum Gasteiger partial charge on any atom is 0.194 e. The van der Waals surface area contributed by atoms with Crippen LogP contribution in [0.5, 0.6) is 0 Å². The first kappa shape index (κ1) is 16.3. The van der Waals surface area contributed by atoms with Crippen LogP contribution in [-0.4, -0.2) is 37.2 Å². The van der Waals surface area contributed by atoms with Crippen molar-refractivity contribution < 1.29 is 17.9 Å². The Morgan fingerprint density at radius 3 is 2.57 bits per heavy atom. The zero-order chi connectivity index (χ0) is 15.4. The Balaban J connectivity index is 2.19. The topological polar surface area (TPSA) is 38.5 Å². The predicted octanol–water partition coefficient (Wildman–Crippen LogP) is 2.60. The fourth-order valence-corrected chi connectivity index (χ4v) is 2.88. The van der Waals surface area contributed by atoms with Gasteiger partial charge in [-0.1, -0.05) is 0 Å².